The molecular formula is C21H26Cl2N2. The highest BCUT2D eigenvalue weighted by molar-refractivity contribution is 6.31. The van der Waals surface area contributed by atoms with Gasteiger partial charge in [0.05, 0.1) is 0 Å². The van der Waals surface area contributed by atoms with Crippen LogP contribution in [0.2, 0.25) is 5.02 Å². The molecule has 0 aliphatic heterocycles. The number of nitrogens with one attached hydrogen (secondary N) is 1. The Morgan fingerprint density at radius 2 is 1.64 bits per heavy atom. The molecule has 0 saturated carbocycles. The Balaban J connectivity index is 0.00000225. The van der Waals surface area contributed by atoms with Gasteiger partial charge in [-0.05, 0) is 51.0 Å². The Kier molecular flexibility index (Phi) is 6.21. The van der Waals surface area contributed by atoms with Crippen molar-refractivity contribution in [3.05, 3.63) is 70.4 Å². The first-order valence-corrected chi connectivity index (χ1v) is 8.80. The topological polar surface area (TPSA) is 17.0 Å². The zero-order chi connectivity index (χ0) is 17.3. The number of fused-ring (bicyclic) bond motifs is 1. The largest absolute Gasteiger partial charge is 0.340 e. The molecule has 0 radical (unpaired) electrons. The van der Waals surface area contributed by atoms with Crippen LogP contribution in [0.15, 0.2) is 48.5 Å². The number of para-hydroxylation sites is 1. The number of benzene rings is 2. The first-order chi connectivity index (χ1) is 11.4. The maximum absolute atomic E-state index is 6.38. The van der Waals surface area contributed by atoms with Crippen LogP contribution in [-0.2, 0) is 13.1 Å². The number of rotatable bonds is 4. The molecule has 2 nitrogen and oxygen atoms in total. The SMILES string of the molecule is Cc1c(CNC(C)(C)C)c2ccccc2n1Cc1ccccc1Cl.Cl. The van der Waals surface area contributed by atoms with E-state index in [1.165, 1.54) is 22.2 Å². The number of aromatic nitrogens is 1. The van der Waals surface area contributed by atoms with Gasteiger partial charge in [0.1, 0.15) is 0 Å². The molecule has 0 unspecified atom stereocenters. The highest BCUT2D eigenvalue weighted by Gasteiger charge is 2.17. The highest BCUT2D eigenvalue weighted by atomic mass is 35.5. The molecule has 0 aliphatic carbocycles. The number of nitrogens with zero attached hydrogens (tertiary/aromatic N) is 1. The molecule has 0 spiro atoms. The lowest BCUT2D eigenvalue weighted by atomic mass is 10.1. The van der Waals surface area contributed by atoms with Gasteiger partial charge in [0.15, 0.2) is 0 Å². The summed E-state index contributed by atoms with van der Waals surface area (Å²) in [5.41, 5.74) is 5.18. The molecule has 3 aromatic rings. The van der Waals surface area contributed by atoms with Crippen molar-refractivity contribution in [1.29, 1.82) is 0 Å². The molecule has 1 N–H and O–H groups in total. The minimum absolute atomic E-state index is 0. The summed E-state index contributed by atoms with van der Waals surface area (Å²) < 4.78 is 2.37. The lowest BCUT2D eigenvalue weighted by Crippen LogP contribution is -2.35. The van der Waals surface area contributed by atoms with Crippen LogP contribution in [0, 0.1) is 6.92 Å². The molecular weight excluding hydrogens is 351 g/mol. The predicted molar refractivity (Wildman–Crippen MR) is 111 cm³/mol. The van der Waals surface area contributed by atoms with Crippen molar-refractivity contribution in [3.63, 3.8) is 0 Å². The average Bonchev–Trinajstić information content (AvgIpc) is 2.79. The molecule has 25 heavy (non-hydrogen) atoms. The lowest BCUT2D eigenvalue weighted by molar-refractivity contribution is 0.424. The van der Waals surface area contributed by atoms with E-state index in [4.69, 9.17) is 11.6 Å². The molecule has 1 heterocycles. The van der Waals surface area contributed by atoms with Crippen LogP contribution in [0.25, 0.3) is 10.9 Å². The second kappa shape index (κ2) is 7.82. The van der Waals surface area contributed by atoms with E-state index in [1.807, 2.05) is 18.2 Å². The summed E-state index contributed by atoms with van der Waals surface area (Å²) in [7, 11) is 0. The van der Waals surface area contributed by atoms with Crippen molar-refractivity contribution < 1.29 is 0 Å². The van der Waals surface area contributed by atoms with Crippen LogP contribution in [0.1, 0.15) is 37.6 Å². The minimum Gasteiger partial charge on any atom is -0.340 e. The molecule has 0 fully saturated rings. The highest BCUT2D eigenvalue weighted by Crippen LogP contribution is 2.28. The van der Waals surface area contributed by atoms with Crippen molar-refractivity contribution in [2.75, 3.05) is 0 Å². The van der Waals surface area contributed by atoms with Gasteiger partial charge < -0.3 is 9.88 Å². The van der Waals surface area contributed by atoms with Crippen LogP contribution < -0.4 is 5.32 Å². The molecule has 0 amide bonds. The fourth-order valence-corrected chi connectivity index (χ4v) is 3.28. The quantitative estimate of drug-likeness (QED) is 0.593. The molecule has 134 valence electrons. The number of halogens is 2. The number of hydrogen-bond donors (Lipinski definition) is 1. The Bertz CT molecular complexity index is 860. The normalized spacial score (nSPS) is 11.6. The third-order valence-corrected chi connectivity index (χ3v) is 4.81. The Hall–Kier alpha value is -1.48. The molecule has 0 atom stereocenters. The Morgan fingerprint density at radius 1 is 1.00 bits per heavy atom. The van der Waals surface area contributed by atoms with Crippen molar-refractivity contribution in [2.24, 2.45) is 0 Å². The van der Waals surface area contributed by atoms with Gasteiger partial charge in [0.25, 0.3) is 0 Å². The van der Waals surface area contributed by atoms with Crippen molar-refractivity contribution >= 4 is 34.9 Å². The molecule has 4 heteroatoms. The van der Waals surface area contributed by atoms with Gasteiger partial charge in [-0.2, -0.15) is 0 Å². The second-order valence-corrected chi connectivity index (χ2v) is 7.77. The maximum atomic E-state index is 6.38. The van der Waals surface area contributed by atoms with Gasteiger partial charge in [-0.15, -0.1) is 12.4 Å². The van der Waals surface area contributed by atoms with Crippen molar-refractivity contribution in [1.82, 2.24) is 9.88 Å². The van der Waals surface area contributed by atoms with E-state index in [9.17, 15) is 0 Å². The second-order valence-electron chi connectivity index (χ2n) is 7.36. The van der Waals surface area contributed by atoms with E-state index in [-0.39, 0.29) is 17.9 Å². The summed E-state index contributed by atoms with van der Waals surface area (Å²) in [6, 6.07) is 16.7. The van der Waals surface area contributed by atoms with Crippen LogP contribution in [0.3, 0.4) is 0 Å². The van der Waals surface area contributed by atoms with E-state index >= 15 is 0 Å². The molecule has 3 rings (SSSR count). The standard InChI is InChI=1S/C21H25ClN2.ClH/c1-15-18(13-23-21(2,3)4)17-10-6-8-12-20(17)24(15)14-16-9-5-7-11-19(16)22;/h5-12,23H,13-14H2,1-4H3;1H. The summed E-state index contributed by atoms with van der Waals surface area (Å²) in [5, 5.41) is 5.76. The van der Waals surface area contributed by atoms with E-state index in [0.29, 0.717) is 0 Å². The van der Waals surface area contributed by atoms with Gasteiger partial charge >= 0.3 is 0 Å². The monoisotopic (exact) mass is 376 g/mol. The fraction of sp³-hybridized carbons (Fsp3) is 0.333. The van der Waals surface area contributed by atoms with E-state index in [2.05, 4.69) is 67.9 Å². The van der Waals surface area contributed by atoms with E-state index in [1.54, 1.807) is 0 Å². The summed E-state index contributed by atoms with van der Waals surface area (Å²) in [6.07, 6.45) is 0. The Morgan fingerprint density at radius 3 is 2.32 bits per heavy atom. The van der Waals surface area contributed by atoms with Gasteiger partial charge in [-0.25, -0.2) is 0 Å². The summed E-state index contributed by atoms with van der Waals surface area (Å²) >= 11 is 6.38. The fourth-order valence-electron chi connectivity index (χ4n) is 3.08. The third-order valence-electron chi connectivity index (χ3n) is 4.44. The van der Waals surface area contributed by atoms with Crippen molar-refractivity contribution in [3.8, 4) is 0 Å². The van der Waals surface area contributed by atoms with Gasteiger partial charge in [0, 0.05) is 40.2 Å². The molecule has 0 saturated heterocycles. The molecule has 2 aromatic carbocycles. The lowest BCUT2D eigenvalue weighted by Gasteiger charge is -2.20. The molecule has 0 aliphatic rings. The summed E-state index contributed by atoms with van der Waals surface area (Å²) in [4.78, 5) is 0. The maximum Gasteiger partial charge on any atom is 0.0493 e. The summed E-state index contributed by atoms with van der Waals surface area (Å²) in [5.74, 6) is 0. The van der Waals surface area contributed by atoms with Crippen LogP contribution >= 0.6 is 24.0 Å². The van der Waals surface area contributed by atoms with Crippen LogP contribution in [0.4, 0.5) is 0 Å². The van der Waals surface area contributed by atoms with E-state index < -0.39 is 0 Å². The number of hydrogen-bond acceptors (Lipinski definition) is 1. The van der Waals surface area contributed by atoms with E-state index in [0.717, 1.165) is 23.7 Å². The third kappa shape index (κ3) is 4.38. The Labute approximate surface area is 161 Å². The molecule has 1 aromatic heterocycles. The minimum atomic E-state index is 0. The van der Waals surface area contributed by atoms with Crippen LogP contribution in [0.5, 0.6) is 0 Å². The molecule has 0 bridgehead atoms. The van der Waals surface area contributed by atoms with Gasteiger partial charge in [-0.3, -0.25) is 0 Å². The first-order valence-electron chi connectivity index (χ1n) is 8.42. The summed E-state index contributed by atoms with van der Waals surface area (Å²) in [6.45, 7) is 10.5. The first kappa shape index (κ1) is 19.8. The smallest absolute Gasteiger partial charge is 0.0493 e. The zero-order valence-electron chi connectivity index (χ0n) is 15.3. The van der Waals surface area contributed by atoms with Crippen molar-refractivity contribution in [2.45, 2.75) is 46.3 Å². The predicted octanol–water partition coefficient (Wildman–Crippen LogP) is 5.96. The van der Waals surface area contributed by atoms with Gasteiger partial charge in [0.2, 0.25) is 0 Å². The van der Waals surface area contributed by atoms with Gasteiger partial charge in [-0.1, -0.05) is 48.0 Å². The zero-order valence-corrected chi connectivity index (χ0v) is 16.8. The average molecular weight is 377 g/mol. The van der Waals surface area contributed by atoms with Crippen LogP contribution in [-0.4, -0.2) is 10.1 Å².